The van der Waals surface area contributed by atoms with Gasteiger partial charge in [-0.1, -0.05) is 29.8 Å². The van der Waals surface area contributed by atoms with Crippen molar-refractivity contribution in [3.8, 4) is 0 Å². The fraction of sp³-hybridized carbons (Fsp3) is 0.562. The normalized spacial score (nSPS) is 18.4. The number of aliphatic hydroxyl groups excluding tert-OH is 1. The third-order valence-electron chi connectivity index (χ3n) is 4.19. The minimum atomic E-state index is -0.558. The highest BCUT2D eigenvalue weighted by molar-refractivity contribution is 6.31. The highest BCUT2D eigenvalue weighted by Gasteiger charge is 2.42. The van der Waals surface area contributed by atoms with Crippen molar-refractivity contribution in [3.63, 3.8) is 0 Å². The van der Waals surface area contributed by atoms with Gasteiger partial charge in [0.05, 0.1) is 12.1 Å². The van der Waals surface area contributed by atoms with Crippen molar-refractivity contribution < 1.29 is 14.6 Å². The van der Waals surface area contributed by atoms with Gasteiger partial charge in [0.2, 0.25) is 0 Å². The maximum Gasteiger partial charge on any atom is 0.315 e. The number of ether oxygens (including phenoxy) is 1. The van der Waals surface area contributed by atoms with E-state index >= 15 is 0 Å². The number of benzene rings is 1. The van der Waals surface area contributed by atoms with E-state index in [0.29, 0.717) is 17.5 Å². The topological polar surface area (TPSA) is 70.6 Å². The standard InChI is InChI=1S/C16H23ClN2O3/c1-16(10-20,11-7-8-11)19-15(21)18-9-14(22-2)12-5-3-4-6-13(12)17/h3-6,11,14,20H,7-10H2,1-2H3,(H2,18,19,21). The van der Waals surface area contributed by atoms with E-state index in [1.165, 1.54) is 0 Å². The zero-order valence-electron chi connectivity index (χ0n) is 12.9. The summed E-state index contributed by atoms with van der Waals surface area (Å²) >= 11 is 6.15. The summed E-state index contributed by atoms with van der Waals surface area (Å²) in [5, 5.41) is 15.8. The summed E-state index contributed by atoms with van der Waals surface area (Å²) in [6, 6.07) is 7.08. The second-order valence-corrected chi connectivity index (χ2v) is 6.34. The molecule has 0 aromatic heterocycles. The van der Waals surface area contributed by atoms with E-state index in [1.807, 2.05) is 25.1 Å². The first-order valence-electron chi connectivity index (χ1n) is 7.44. The van der Waals surface area contributed by atoms with E-state index in [9.17, 15) is 9.90 Å². The van der Waals surface area contributed by atoms with Gasteiger partial charge in [0, 0.05) is 24.2 Å². The maximum atomic E-state index is 12.1. The van der Waals surface area contributed by atoms with Crippen LogP contribution < -0.4 is 10.6 Å². The Labute approximate surface area is 136 Å². The Kier molecular flexibility index (Phi) is 5.67. The molecule has 0 radical (unpaired) electrons. The van der Waals surface area contributed by atoms with Crippen molar-refractivity contribution in [2.24, 2.45) is 5.92 Å². The highest BCUT2D eigenvalue weighted by Crippen LogP contribution is 2.39. The zero-order valence-corrected chi connectivity index (χ0v) is 13.7. The van der Waals surface area contributed by atoms with E-state index in [1.54, 1.807) is 13.2 Å². The van der Waals surface area contributed by atoms with Crippen LogP contribution in [-0.4, -0.2) is 36.9 Å². The molecule has 0 saturated heterocycles. The average Bonchev–Trinajstić information content (AvgIpc) is 3.34. The Morgan fingerprint density at radius 2 is 2.18 bits per heavy atom. The van der Waals surface area contributed by atoms with Crippen LogP contribution in [-0.2, 0) is 4.74 Å². The summed E-state index contributed by atoms with van der Waals surface area (Å²) in [6.45, 7) is 2.10. The van der Waals surface area contributed by atoms with Crippen molar-refractivity contribution in [2.75, 3.05) is 20.3 Å². The summed E-state index contributed by atoms with van der Waals surface area (Å²) < 4.78 is 5.41. The average molecular weight is 327 g/mol. The van der Waals surface area contributed by atoms with Crippen LogP contribution >= 0.6 is 11.6 Å². The third kappa shape index (κ3) is 4.12. The van der Waals surface area contributed by atoms with Crippen LogP contribution in [0.25, 0.3) is 0 Å². The number of carbonyl (C=O) groups is 1. The fourth-order valence-corrected chi connectivity index (χ4v) is 2.79. The van der Waals surface area contributed by atoms with Gasteiger partial charge in [0.15, 0.2) is 0 Å². The number of urea groups is 1. The molecule has 1 aliphatic rings. The molecule has 0 aliphatic heterocycles. The minimum Gasteiger partial charge on any atom is -0.394 e. The Balaban J connectivity index is 1.90. The molecule has 1 saturated carbocycles. The Morgan fingerprint density at radius 1 is 1.50 bits per heavy atom. The van der Waals surface area contributed by atoms with Crippen molar-refractivity contribution >= 4 is 17.6 Å². The third-order valence-corrected chi connectivity index (χ3v) is 4.53. The first kappa shape index (κ1) is 17.1. The van der Waals surface area contributed by atoms with Crippen LogP contribution in [0, 0.1) is 5.92 Å². The number of halogens is 1. The molecular weight excluding hydrogens is 304 g/mol. The SMILES string of the molecule is COC(CNC(=O)NC(C)(CO)C1CC1)c1ccccc1Cl. The second-order valence-electron chi connectivity index (χ2n) is 5.93. The molecule has 1 aromatic carbocycles. The molecule has 22 heavy (non-hydrogen) atoms. The van der Waals surface area contributed by atoms with Gasteiger partial charge in [-0.05, 0) is 31.7 Å². The van der Waals surface area contributed by atoms with Gasteiger partial charge >= 0.3 is 6.03 Å². The van der Waals surface area contributed by atoms with Crippen molar-refractivity contribution in [1.82, 2.24) is 10.6 Å². The number of nitrogens with one attached hydrogen (secondary N) is 2. The smallest absolute Gasteiger partial charge is 0.315 e. The molecule has 2 rings (SSSR count). The van der Waals surface area contributed by atoms with Crippen LogP contribution in [0.5, 0.6) is 0 Å². The molecule has 3 N–H and O–H groups in total. The van der Waals surface area contributed by atoms with Gasteiger partial charge in [-0.15, -0.1) is 0 Å². The quantitative estimate of drug-likeness (QED) is 0.721. The van der Waals surface area contributed by atoms with Gasteiger partial charge in [0.1, 0.15) is 6.10 Å². The van der Waals surface area contributed by atoms with E-state index in [-0.39, 0.29) is 18.7 Å². The first-order valence-corrected chi connectivity index (χ1v) is 7.82. The molecule has 122 valence electrons. The molecule has 2 unspecified atom stereocenters. The van der Waals surface area contributed by atoms with Gasteiger partial charge < -0.3 is 20.5 Å². The number of methoxy groups -OCH3 is 1. The lowest BCUT2D eigenvalue weighted by atomic mass is 9.97. The van der Waals surface area contributed by atoms with Gasteiger partial charge in [0.25, 0.3) is 0 Å². The number of rotatable bonds is 7. The largest absolute Gasteiger partial charge is 0.394 e. The molecule has 0 spiro atoms. The molecule has 1 fully saturated rings. The van der Waals surface area contributed by atoms with Gasteiger partial charge in [-0.25, -0.2) is 4.79 Å². The summed E-state index contributed by atoms with van der Waals surface area (Å²) in [7, 11) is 1.58. The van der Waals surface area contributed by atoms with Crippen LogP contribution in [0.1, 0.15) is 31.4 Å². The van der Waals surface area contributed by atoms with Crippen molar-refractivity contribution in [1.29, 1.82) is 0 Å². The molecule has 6 heteroatoms. The van der Waals surface area contributed by atoms with E-state index in [4.69, 9.17) is 16.3 Å². The number of hydrogen-bond donors (Lipinski definition) is 3. The molecule has 0 bridgehead atoms. The lowest BCUT2D eigenvalue weighted by Crippen LogP contribution is -2.54. The van der Waals surface area contributed by atoms with Crippen LogP contribution in [0.4, 0.5) is 4.79 Å². The molecule has 1 aliphatic carbocycles. The number of hydrogen-bond acceptors (Lipinski definition) is 3. The number of aliphatic hydroxyl groups is 1. The van der Waals surface area contributed by atoms with Gasteiger partial charge in [-0.2, -0.15) is 0 Å². The molecular formula is C16H23ClN2O3. The lowest BCUT2D eigenvalue weighted by Gasteiger charge is -2.29. The van der Waals surface area contributed by atoms with Crippen LogP contribution in [0.3, 0.4) is 0 Å². The van der Waals surface area contributed by atoms with Crippen LogP contribution in [0.2, 0.25) is 5.02 Å². The second kappa shape index (κ2) is 7.31. The first-order chi connectivity index (χ1) is 10.5. The Morgan fingerprint density at radius 3 is 2.73 bits per heavy atom. The maximum absolute atomic E-state index is 12.1. The van der Waals surface area contributed by atoms with Crippen molar-refractivity contribution in [2.45, 2.75) is 31.4 Å². The van der Waals surface area contributed by atoms with Crippen molar-refractivity contribution in [3.05, 3.63) is 34.9 Å². The van der Waals surface area contributed by atoms with Crippen LogP contribution in [0.15, 0.2) is 24.3 Å². The Bertz CT molecular complexity index is 522. The highest BCUT2D eigenvalue weighted by atomic mass is 35.5. The molecule has 2 atom stereocenters. The van der Waals surface area contributed by atoms with E-state index in [2.05, 4.69) is 10.6 Å². The van der Waals surface area contributed by atoms with Gasteiger partial charge in [-0.3, -0.25) is 0 Å². The summed E-state index contributed by atoms with van der Waals surface area (Å²) in [5.41, 5.74) is 0.274. The minimum absolute atomic E-state index is 0.0662. The monoisotopic (exact) mass is 326 g/mol. The van der Waals surface area contributed by atoms with E-state index in [0.717, 1.165) is 18.4 Å². The lowest BCUT2D eigenvalue weighted by molar-refractivity contribution is 0.102. The fourth-order valence-electron chi connectivity index (χ4n) is 2.54. The zero-order chi connectivity index (χ0) is 16.2. The summed E-state index contributed by atoms with van der Waals surface area (Å²) in [6.07, 6.45) is 1.76. The molecule has 5 nitrogen and oxygen atoms in total. The predicted octanol–water partition coefficient (Wildman–Crippen LogP) is 2.49. The molecule has 1 aromatic rings. The predicted molar refractivity (Wildman–Crippen MR) is 86.0 cm³/mol. The molecule has 2 amide bonds. The summed E-state index contributed by atoms with van der Waals surface area (Å²) in [5.74, 6) is 0.352. The number of amides is 2. The molecule has 0 heterocycles. The summed E-state index contributed by atoms with van der Waals surface area (Å²) in [4.78, 5) is 12.1. The Hall–Kier alpha value is -1.30. The van der Waals surface area contributed by atoms with E-state index < -0.39 is 5.54 Å². The number of carbonyl (C=O) groups excluding carboxylic acids is 1.